The summed E-state index contributed by atoms with van der Waals surface area (Å²) < 4.78 is 0. The molecule has 0 aliphatic carbocycles. The van der Waals surface area contributed by atoms with E-state index in [0.717, 1.165) is 24.6 Å². The summed E-state index contributed by atoms with van der Waals surface area (Å²) in [6.45, 7) is 5.63. The van der Waals surface area contributed by atoms with Crippen LogP contribution in [0.3, 0.4) is 0 Å². The molecule has 4 nitrogen and oxygen atoms in total. The Labute approximate surface area is 179 Å². The Morgan fingerprint density at radius 1 is 0.900 bits per heavy atom. The number of pyridine rings is 1. The second kappa shape index (κ2) is 9.68. The van der Waals surface area contributed by atoms with E-state index in [-0.39, 0.29) is 5.91 Å². The van der Waals surface area contributed by atoms with Gasteiger partial charge in [0.15, 0.2) is 0 Å². The van der Waals surface area contributed by atoms with Gasteiger partial charge in [0, 0.05) is 30.2 Å². The molecule has 1 saturated heterocycles. The van der Waals surface area contributed by atoms with Gasteiger partial charge >= 0.3 is 0 Å². The summed E-state index contributed by atoms with van der Waals surface area (Å²) in [6, 6.07) is 20.1. The first-order valence-electron chi connectivity index (χ1n) is 10.8. The highest BCUT2D eigenvalue weighted by Crippen LogP contribution is 2.19. The van der Waals surface area contributed by atoms with Crippen LogP contribution >= 0.6 is 0 Å². The minimum atomic E-state index is -0.0739. The Morgan fingerprint density at radius 2 is 1.50 bits per heavy atom. The van der Waals surface area contributed by atoms with E-state index in [1.54, 1.807) is 0 Å². The van der Waals surface area contributed by atoms with Crippen LogP contribution in [0.5, 0.6) is 0 Å². The molecule has 154 valence electrons. The molecule has 1 aliphatic rings. The monoisotopic (exact) mass is 399 g/mol. The van der Waals surface area contributed by atoms with Crippen molar-refractivity contribution in [3.8, 4) is 0 Å². The smallest absolute Gasteiger partial charge is 0.255 e. The third-order valence-electron chi connectivity index (χ3n) is 5.87. The Balaban J connectivity index is 1.31. The zero-order valence-electron chi connectivity index (χ0n) is 17.6. The van der Waals surface area contributed by atoms with E-state index in [0.29, 0.717) is 5.56 Å². The maximum absolute atomic E-state index is 12.6. The zero-order chi connectivity index (χ0) is 20.8. The number of nitrogens with one attached hydrogen (secondary N) is 1. The quantitative estimate of drug-likeness (QED) is 0.623. The fourth-order valence-electron chi connectivity index (χ4n) is 3.89. The predicted octanol–water partition coefficient (Wildman–Crippen LogP) is 5.16. The average Bonchev–Trinajstić information content (AvgIpc) is 2.78. The van der Waals surface area contributed by atoms with E-state index in [1.165, 1.54) is 42.6 Å². The fourth-order valence-corrected chi connectivity index (χ4v) is 3.89. The highest BCUT2D eigenvalue weighted by atomic mass is 16.1. The molecule has 4 rings (SSSR count). The van der Waals surface area contributed by atoms with Gasteiger partial charge in [-0.2, -0.15) is 0 Å². The Kier molecular flexibility index (Phi) is 6.55. The molecule has 0 radical (unpaired) electrons. The van der Waals surface area contributed by atoms with Gasteiger partial charge in [-0.25, -0.2) is 0 Å². The van der Waals surface area contributed by atoms with E-state index in [2.05, 4.69) is 46.4 Å². The van der Waals surface area contributed by atoms with Gasteiger partial charge < -0.3 is 5.32 Å². The van der Waals surface area contributed by atoms with Crippen LogP contribution in [0.1, 0.15) is 46.8 Å². The Bertz CT molecular complexity index is 944. The van der Waals surface area contributed by atoms with Gasteiger partial charge in [0.25, 0.3) is 5.91 Å². The van der Waals surface area contributed by atoms with Gasteiger partial charge in [-0.15, -0.1) is 0 Å². The minimum Gasteiger partial charge on any atom is -0.322 e. The number of carbonyl (C=O) groups excluding carboxylic acids is 1. The van der Waals surface area contributed by atoms with Crippen LogP contribution in [0.15, 0.2) is 73.1 Å². The Morgan fingerprint density at radius 3 is 2.17 bits per heavy atom. The number of benzene rings is 2. The van der Waals surface area contributed by atoms with Crippen LogP contribution in [-0.4, -0.2) is 28.9 Å². The molecule has 2 heterocycles. The Hall–Kier alpha value is -2.98. The summed E-state index contributed by atoms with van der Waals surface area (Å²) in [5.74, 6) is 0.771. The molecule has 0 saturated carbocycles. The van der Waals surface area contributed by atoms with Crippen LogP contribution in [0.4, 0.5) is 5.69 Å². The number of anilines is 1. The molecule has 0 bridgehead atoms. The van der Waals surface area contributed by atoms with Crippen LogP contribution in [-0.2, 0) is 13.0 Å². The number of nitrogens with zero attached hydrogens (tertiary/aromatic N) is 2. The number of hydrogen-bond acceptors (Lipinski definition) is 3. The molecular formula is C26H29N3O. The van der Waals surface area contributed by atoms with E-state index in [1.807, 2.05) is 48.8 Å². The SMILES string of the molecule is CC1CCN(Cc2ccc(C(=O)Nc3ccc(Cc4ccncc4)cc3)cc2)CC1. The number of hydrogen-bond donors (Lipinski definition) is 1. The van der Waals surface area contributed by atoms with Gasteiger partial charge in [0.2, 0.25) is 0 Å². The van der Waals surface area contributed by atoms with E-state index in [9.17, 15) is 4.79 Å². The van der Waals surface area contributed by atoms with E-state index >= 15 is 0 Å². The number of likely N-dealkylation sites (tertiary alicyclic amines) is 1. The van der Waals surface area contributed by atoms with Crippen LogP contribution in [0, 0.1) is 5.92 Å². The number of aromatic nitrogens is 1. The van der Waals surface area contributed by atoms with Crippen molar-refractivity contribution in [3.05, 3.63) is 95.3 Å². The number of piperidine rings is 1. The molecule has 0 atom stereocenters. The zero-order valence-corrected chi connectivity index (χ0v) is 17.6. The molecule has 1 N–H and O–H groups in total. The van der Waals surface area contributed by atoms with Crippen molar-refractivity contribution in [1.29, 1.82) is 0 Å². The minimum absolute atomic E-state index is 0.0739. The molecule has 0 unspecified atom stereocenters. The van der Waals surface area contributed by atoms with Gasteiger partial charge in [-0.05, 0) is 91.4 Å². The lowest BCUT2D eigenvalue weighted by atomic mass is 9.99. The van der Waals surface area contributed by atoms with Gasteiger partial charge in [-0.3, -0.25) is 14.7 Å². The van der Waals surface area contributed by atoms with Crippen LogP contribution in [0.25, 0.3) is 0 Å². The van der Waals surface area contributed by atoms with Crippen LogP contribution < -0.4 is 5.32 Å². The van der Waals surface area contributed by atoms with Gasteiger partial charge in [-0.1, -0.05) is 31.2 Å². The molecule has 1 fully saturated rings. The second-order valence-electron chi connectivity index (χ2n) is 8.34. The van der Waals surface area contributed by atoms with E-state index in [4.69, 9.17) is 0 Å². The first kappa shape index (κ1) is 20.3. The molecular weight excluding hydrogens is 370 g/mol. The standard InChI is InChI=1S/C26H29N3O/c1-20-12-16-29(17-13-20)19-23-2-6-24(7-3-23)26(30)28-25-8-4-21(5-9-25)18-22-10-14-27-15-11-22/h2-11,14-15,20H,12-13,16-19H2,1H3,(H,28,30). The van der Waals surface area contributed by atoms with E-state index < -0.39 is 0 Å². The molecule has 2 aromatic carbocycles. The van der Waals surface area contributed by atoms with Crippen molar-refractivity contribution in [2.24, 2.45) is 5.92 Å². The highest BCUT2D eigenvalue weighted by molar-refractivity contribution is 6.04. The third kappa shape index (κ3) is 5.55. The average molecular weight is 400 g/mol. The lowest BCUT2D eigenvalue weighted by Gasteiger charge is -2.30. The van der Waals surface area contributed by atoms with Crippen molar-refractivity contribution in [3.63, 3.8) is 0 Å². The number of rotatable bonds is 6. The summed E-state index contributed by atoms with van der Waals surface area (Å²) in [6.07, 6.45) is 7.03. The molecule has 1 aliphatic heterocycles. The van der Waals surface area contributed by atoms with Gasteiger partial charge in [0.05, 0.1) is 0 Å². The predicted molar refractivity (Wildman–Crippen MR) is 122 cm³/mol. The molecule has 4 heteroatoms. The first-order chi connectivity index (χ1) is 14.7. The first-order valence-corrected chi connectivity index (χ1v) is 10.8. The summed E-state index contributed by atoms with van der Waals surface area (Å²) >= 11 is 0. The maximum atomic E-state index is 12.6. The lowest BCUT2D eigenvalue weighted by Crippen LogP contribution is -2.32. The molecule has 0 spiro atoms. The van der Waals surface area contributed by atoms with Crippen molar-refractivity contribution in [2.45, 2.75) is 32.7 Å². The van der Waals surface area contributed by atoms with Crippen LogP contribution in [0.2, 0.25) is 0 Å². The van der Waals surface area contributed by atoms with Crippen molar-refractivity contribution >= 4 is 11.6 Å². The maximum Gasteiger partial charge on any atom is 0.255 e. The number of carbonyl (C=O) groups is 1. The van der Waals surface area contributed by atoms with Gasteiger partial charge in [0.1, 0.15) is 0 Å². The molecule has 1 aromatic heterocycles. The molecule has 30 heavy (non-hydrogen) atoms. The summed E-state index contributed by atoms with van der Waals surface area (Å²) in [5.41, 5.74) is 5.19. The highest BCUT2D eigenvalue weighted by Gasteiger charge is 2.15. The van der Waals surface area contributed by atoms with Crippen molar-refractivity contribution in [1.82, 2.24) is 9.88 Å². The number of amides is 1. The third-order valence-corrected chi connectivity index (χ3v) is 5.87. The van der Waals surface area contributed by atoms with Crippen molar-refractivity contribution in [2.75, 3.05) is 18.4 Å². The molecule has 3 aromatic rings. The second-order valence-corrected chi connectivity index (χ2v) is 8.34. The summed E-state index contributed by atoms with van der Waals surface area (Å²) in [5, 5.41) is 3.00. The normalized spacial score (nSPS) is 15.1. The lowest BCUT2D eigenvalue weighted by molar-refractivity contribution is 0.102. The topological polar surface area (TPSA) is 45.2 Å². The summed E-state index contributed by atoms with van der Waals surface area (Å²) in [7, 11) is 0. The largest absolute Gasteiger partial charge is 0.322 e. The van der Waals surface area contributed by atoms with Crippen molar-refractivity contribution < 1.29 is 4.79 Å². The summed E-state index contributed by atoms with van der Waals surface area (Å²) in [4.78, 5) is 19.2. The molecule has 1 amide bonds. The fraction of sp³-hybridized carbons (Fsp3) is 0.308.